The zero-order valence-electron chi connectivity index (χ0n) is 12.2. The van der Waals surface area contributed by atoms with E-state index < -0.39 is 61.7 Å². The topological polar surface area (TPSA) is 201 Å². The van der Waals surface area contributed by atoms with Gasteiger partial charge in [-0.25, -0.2) is 0 Å². The van der Waals surface area contributed by atoms with Crippen molar-refractivity contribution in [3.63, 3.8) is 0 Å². The van der Waals surface area contributed by atoms with Crippen molar-refractivity contribution in [3.05, 3.63) is 0 Å². The summed E-state index contributed by atoms with van der Waals surface area (Å²) in [5.41, 5.74) is 0. The Hall–Kier alpha value is -0.440. The quantitative estimate of drug-likeness (QED) is 0.236. The molecule has 0 radical (unpaired) electrons. The number of aliphatic hydroxyl groups excluding tert-OH is 9. The Kier molecular flexibility index (Phi) is 8.20. The van der Waals surface area contributed by atoms with Crippen molar-refractivity contribution in [2.75, 3.05) is 19.8 Å². The smallest absolute Gasteiger partial charge is 0.184 e. The van der Waals surface area contributed by atoms with E-state index in [2.05, 4.69) is 4.74 Å². The molecule has 138 valence electrons. The van der Waals surface area contributed by atoms with Crippen LogP contribution in [-0.2, 0) is 9.47 Å². The summed E-state index contributed by atoms with van der Waals surface area (Å²) in [6.45, 7) is -1.23. The van der Waals surface area contributed by atoms with Crippen molar-refractivity contribution in [1.82, 2.24) is 0 Å². The lowest BCUT2D eigenvalue weighted by Gasteiger charge is -2.37. The van der Waals surface area contributed by atoms with Crippen LogP contribution in [0, 0.1) is 0 Å². The third-order valence-corrected chi connectivity index (χ3v) is 3.69. The Labute approximate surface area is 131 Å². The summed E-state index contributed by atoms with van der Waals surface area (Å²) in [4.78, 5) is 0. The lowest BCUT2D eigenvalue weighted by Crippen LogP contribution is -2.58. The van der Waals surface area contributed by atoms with E-state index in [0.29, 0.717) is 0 Å². The summed E-state index contributed by atoms with van der Waals surface area (Å²) in [6.07, 6.45) is -10.8. The third kappa shape index (κ3) is 4.78. The highest BCUT2D eigenvalue weighted by atomic mass is 16.6. The number of rotatable bonds is 3. The van der Waals surface area contributed by atoms with Gasteiger partial charge in [0.05, 0.1) is 19.8 Å². The fraction of sp³-hybridized carbons (Fsp3) is 1.00. The average molecular weight is 344 g/mol. The molecule has 0 aromatic heterocycles. The predicted octanol–water partition coefficient (Wildman–Crippen LogP) is -5.76. The van der Waals surface area contributed by atoms with Crippen LogP contribution in [-0.4, -0.2) is 121 Å². The first-order chi connectivity index (χ1) is 10.8. The summed E-state index contributed by atoms with van der Waals surface area (Å²) >= 11 is 0. The van der Waals surface area contributed by atoms with Gasteiger partial charge in [-0.05, 0) is 0 Å². The van der Waals surface area contributed by atoms with Gasteiger partial charge in [0.15, 0.2) is 6.29 Å². The number of hydrogen-bond acceptors (Lipinski definition) is 11. The molecular formula is C12H24O11. The molecule has 0 saturated carbocycles. The fourth-order valence-electron chi connectivity index (χ4n) is 2.21. The lowest BCUT2D eigenvalue weighted by atomic mass is 10.00. The maximum Gasteiger partial charge on any atom is 0.184 e. The summed E-state index contributed by atoms with van der Waals surface area (Å²) < 4.78 is 9.46. The molecule has 0 aromatic rings. The van der Waals surface area contributed by atoms with Gasteiger partial charge in [0.1, 0.15) is 48.8 Å². The van der Waals surface area contributed by atoms with Crippen LogP contribution >= 0.6 is 0 Å². The Morgan fingerprint density at radius 2 is 0.826 bits per heavy atom. The van der Waals surface area contributed by atoms with Gasteiger partial charge < -0.3 is 55.4 Å². The van der Waals surface area contributed by atoms with Gasteiger partial charge in [0, 0.05) is 0 Å². The van der Waals surface area contributed by atoms with Crippen molar-refractivity contribution in [2.24, 2.45) is 0 Å². The van der Waals surface area contributed by atoms with Crippen LogP contribution in [0.15, 0.2) is 0 Å². The average Bonchev–Trinajstić information content (AvgIpc) is 2.84. The molecule has 2 aliphatic rings. The molecule has 2 heterocycles. The van der Waals surface area contributed by atoms with E-state index in [0.717, 1.165) is 0 Å². The zero-order chi connectivity index (χ0) is 17.7. The van der Waals surface area contributed by atoms with E-state index >= 15 is 0 Å². The standard InChI is InChI=1S/C6H12O6.C6H12O5/c7-1-2-3(8)4(9)5(10)6(11)12-2;7-1-3-5(9)6(10)4(2-8)11-3/h2-11H,1H2;3-10H,1-2H2/t2?,3-,4+,5?,6+;3-,4+,5-,6?/m00/s1. The van der Waals surface area contributed by atoms with Gasteiger partial charge in [-0.15, -0.1) is 0 Å². The van der Waals surface area contributed by atoms with Crippen molar-refractivity contribution in [1.29, 1.82) is 0 Å². The summed E-state index contributed by atoms with van der Waals surface area (Å²) in [6, 6.07) is 0. The molecule has 2 rings (SSSR count). The minimum Gasteiger partial charge on any atom is -0.394 e. The van der Waals surface area contributed by atoms with E-state index in [4.69, 9.17) is 50.7 Å². The van der Waals surface area contributed by atoms with E-state index in [-0.39, 0.29) is 13.2 Å². The highest BCUT2D eigenvalue weighted by Crippen LogP contribution is 2.20. The molecule has 3 unspecified atom stereocenters. The molecule has 9 N–H and O–H groups in total. The molecule has 0 bridgehead atoms. The first-order valence-electron chi connectivity index (χ1n) is 7.00. The molecule has 11 heteroatoms. The predicted molar refractivity (Wildman–Crippen MR) is 70.8 cm³/mol. The molecule has 2 fully saturated rings. The molecular weight excluding hydrogens is 320 g/mol. The third-order valence-electron chi connectivity index (χ3n) is 3.69. The summed E-state index contributed by atoms with van der Waals surface area (Å²) in [7, 11) is 0. The molecule has 9 atom stereocenters. The first kappa shape index (κ1) is 20.6. The molecule has 0 spiro atoms. The molecule has 2 saturated heterocycles. The largest absolute Gasteiger partial charge is 0.394 e. The highest BCUT2D eigenvalue weighted by Gasteiger charge is 2.43. The van der Waals surface area contributed by atoms with Gasteiger partial charge in [-0.2, -0.15) is 0 Å². The number of hydrogen-bond donors (Lipinski definition) is 9. The van der Waals surface area contributed by atoms with Crippen LogP contribution in [0.1, 0.15) is 0 Å². The Bertz CT molecular complexity index is 320. The summed E-state index contributed by atoms with van der Waals surface area (Å²) in [5.74, 6) is 0. The van der Waals surface area contributed by atoms with E-state index in [1.807, 2.05) is 0 Å². The highest BCUT2D eigenvalue weighted by molar-refractivity contribution is 4.89. The first-order valence-corrected chi connectivity index (χ1v) is 7.00. The van der Waals surface area contributed by atoms with E-state index in [1.54, 1.807) is 0 Å². The minimum absolute atomic E-state index is 0.352. The maximum absolute atomic E-state index is 9.12. The van der Waals surface area contributed by atoms with Gasteiger partial charge in [-0.3, -0.25) is 0 Å². The van der Waals surface area contributed by atoms with Gasteiger partial charge in [-0.1, -0.05) is 0 Å². The molecule has 0 aliphatic carbocycles. The summed E-state index contributed by atoms with van der Waals surface area (Å²) in [5, 5.41) is 80.1. The van der Waals surface area contributed by atoms with Crippen LogP contribution < -0.4 is 0 Å². The Morgan fingerprint density at radius 1 is 0.478 bits per heavy atom. The van der Waals surface area contributed by atoms with E-state index in [9.17, 15) is 0 Å². The zero-order valence-corrected chi connectivity index (χ0v) is 12.2. The van der Waals surface area contributed by atoms with Gasteiger partial charge in [0.2, 0.25) is 0 Å². The second-order valence-corrected chi connectivity index (χ2v) is 5.28. The van der Waals surface area contributed by atoms with Gasteiger partial charge in [0.25, 0.3) is 0 Å². The number of aliphatic hydroxyl groups is 9. The van der Waals surface area contributed by atoms with Crippen LogP contribution in [0.25, 0.3) is 0 Å². The second kappa shape index (κ2) is 9.15. The normalized spacial score (nSPS) is 47.1. The molecule has 2 aliphatic heterocycles. The van der Waals surface area contributed by atoms with Crippen molar-refractivity contribution in [2.45, 2.75) is 55.1 Å². The van der Waals surface area contributed by atoms with Gasteiger partial charge >= 0.3 is 0 Å². The Morgan fingerprint density at radius 3 is 1.17 bits per heavy atom. The monoisotopic (exact) mass is 344 g/mol. The molecule has 23 heavy (non-hydrogen) atoms. The molecule has 0 aromatic carbocycles. The lowest BCUT2D eigenvalue weighted by molar-refractivity contribution is -0.286. The van der Waals surface area contributed by atoms with Crippen molar-refractivity contribution in [3.8, 4) is 0 Å². The van der Waals surface area contributed by atoms with Crippen molar-refractivity contribution >= 4 is 0 Å². The van der Waals surface area contributed by atoms with Crippen LogP contribution in [0.3, 0.4) is 0 Å². The SMILES string of the molecule is OCC1O[C@@H](O)C(O)[C@H](O)[C@H]1O.OC[C@@H]1O[C@H](CO)C(O)[C@H]1O. The molecule has 11 nitrogen and oxygen atoms in total. The van der Waals surface area contributed by atoms with Crippen molar-refractivity contribution < 1.29 is 55.4 Å². The minimum atomic E-state index is -1.57. The van der Waals surface area contributed by atoms with Crippen LogP contribution in [0.2, 0.25) is 0 Å². The second-order valence-electron chi connectivity index (χ2n) is 5.28. The molecule has 0 amide bonds. The fourth-order valence-corrected chi connectivity index (χ4v) is 2.21. The van der Waals surface area contributed by atoms with Crippen LogP contribution in [0.4, 0.5) is 0 Å². The maximum atomic E-state index is 9.12. The van der Waals surface area contributed by atoms with Crippen LogP contribution in [0.5, 0.6) is 0 Å². The Balaban J connectivity index is 0.000000231. The van der Waals surface area contributed by atoms with E-state index in [1.165, 1.54) is 0 Å². The number of ether oxygens (including phenoxy) is 2.